The zero-order valence-electron chi connectivity index (χ0n) is 15.5. The summed E-state index contributed by atoms with van der Waals surface area (Å²) in [4.78, 5) is 4.48. The summed E-state index contributed by atoms with van der Waals surface area (Å²) in [6.07, 6.45) is 1.15. The highest BCUT2D eigenvalue weighted by Crippen LogP contribution is 2.22. The number of thiocarbonyl (C=S) groups is 1. The van der Waals surface area contributed by atoms with Gasteiger partial charge in [0.1, 0.15) is 5.75 Å². The molecule has 0 amide bonds. The van der Waals surface area contributed by atoms with Crippen molar-refractivity contribution >= 4 is 28.7 Å². The molecule has 0 saturated carbocycles. The second kappa shape index (κ2) is 8.41. The van der Waals surface area contributed by atoms with Gasteiger partial charge in [0, 0.05) is 43.6 Å². The maximum absolute atomic E-state index is 9.65. The van der Waals surface area contributed by atoms with Crippen molar-refractivity contribution in [3.05, 3.63) is 54.1 Å². The van der Waals surface area contributed by atoms with Crippen LogP contribution in [-0.4, -0.2) is 41.3 Å². The average molecular weight is 370 g/mol. The number of nitrogens with one attached hydrogen (secondary N) is 1. The zero-order chi connectivity index (χ0) is 18.5. The average Bonchev–Trinajstić information content (AvgIpc) is 2.68. The van der Waals surface area contributed by atoms with E-state index < -0.39 is 0 Å². The first kappa shape index (κ1) is 18.5. The van der Waals surface area contributed by atoms with Gasteiger partial charge in [-0.05, 0) is 54.4 Å². The molecular formula is C21H27N3OS. The summed E-state index contributed by atoms with van der Waals surface area (Å²) in [6.45, 7) is 7.97. The largest absolute Gasteiger partial charge is 0.508 e. The zero-order valence-corrected chi connectivity index (χ0v) is 16.3. The van der Waals surface area contributed by atoms with Crippen LogP contribution in [0.5, 0.6) is 5.75 Å². The molecule has 0 aliphatic carbocycles. The summed E-state index contributed by atoms with van der Waals surface area (Å²) in [5, 5.41) is 13.8. The third-order valence-corrected chi connectivity index (χ3v) is 5.47. The smallest absolute Gasteiger partial charge is 0.173 e. The molecule has 0 radical (unpaired) electrons. The molecule has 4 nitrogen and oxygen atoms in total. The van der Waals surface area contributed by atoms with Crippen LogP contribution in [0.1, 0.15) is 31.7 Å². The summed E-state index contributed by atoms with van der Waals surface area (Å²) in [7, 11) is 0. The van der Waals surface area contributed by atoms with Gasteiger partial charge in [0.25, 0.3) is 0 Å². The maximum Gasteiger partial charge on any atom is 0.173 e. The van der Waals surface area contributed by atoms with Crippen LogP contribution in [0.4, 0.5) is 11.4 Å². The lowest BCUT2D eigenvalue weighted by Crippen LogP contribution is -2.50. The number of aromatic hydroxyl groups is 1. The molecular weight excluding hydrogens is 342 g/mol. The fourth-order valence-corrected chi connectivity index (χ4v) is 3.49. The minimum Gasteiger partial charge on any atom is -0.508 e. The number of phenols is 1. The van der Waals surface area contributed by atoms with Crippen LogP contribution in [0.2, 0.25) is 0 Å². The number of phenolic OH excluding ortho intramolecular Hbond substituents is 1. The van der Waals surface area contributed by atoms with Crippen molar-refractivity contribution < 1.29 is 5.11 Å². The lowest BCUT2D eigenvalue weighted by Gasteiger charge is -2.37. The molecule has 3 rings (SSSR count). The summed E-state index contributed by atoms with van der Waals surface area (Å²) < 4.78 is 0. The summed E-state index contributed by atoms with van der Waals surface area (Å²) in [6, 6.07) is 16.0. The highest BCUT2D eigenvalue weighted by atomic mass is 32.1. The number of benzene rings is 2. The fraction of sp³-hybridized carbons (Fsp3) is 0.381. The van der Waals surface area contributed by atoms with E-state index in [4.69, 9.17) is 12.2 Å². The Kier molecular flexibility index (Phi) is 5.99. The van der Waals surface area contributed by atoms with Crippen LogP contribution < -0.4 is 10.2 Å². The van der Waals surface area contributed by atoms with Gasteiger partial charge in [-0.15, -0.1) is 0 Å². The highest BCUT2D eigenvalue weighted by Gasteiger charge is 2.19. The maximum atomic E-state index is 9.65. The molecule has 1 atom stereocenters. The molecule has 1 aliphatic heterocycles. The first-order valence-electron chi connectivity index (χ1n) is 9.26. The molecule has 138 valence electrons. The highest BCUT2D eigenvalue weighted by molar-refractivity contribution is 7.80. The van der Waals surface area contributed by atoms with E-state index in [2.05, 4.69) is 53.2 Å². The minimum atomic E-state index is 0.308. The van der Waals surface area contributed by atoms with Gasteiger partial charge in [0.05, 0.1) is 0 Å². The number of hydrogen-bond acceptors (Lipinski definition) is 3. The van der Waals surface area contributed by atoms with Crippen molar-refractivity contribution in [2.45, 2.75) is 26.2 Å². The van der Waals surface area contributed by atoms with Crippen LogP contribution in [0, 0.1) is 0 Å². The summed E-state index contributed by atoms with van der Waals surface area (Å²) in [5.41, 5.74) is 3.46. The molecule has 26 heavy (non-hydrogen) atoms. The van der Waals surface area contributed by atoms with Gasteiger partial charge in [-0.2, -0.15) is 0 Å². The Labute approximate surface area is 161 Å². The van der Waals surface area contributed by atoms with Gasteiger partial charge < -0.3 is 20.2 Å². The Bertz CT molecular complexity index is 739. The molecule has 0 bridgehead atoms. The van der Waals surface area contributed by atoms with Gasteiger partial charge in [-0.1, -0.05) is 32.0 Å². The molecule has 2 aromatic carbocycles. The van der Waals surface area contributed by atoms with E-state index in [9.17, 15) is 5.11 Å². The second-order valence-electron chi connectivity index (χ2n) is 6.86. The third-order valence-electron chi connectivity index (χ3n) is 5.11. The quantitative estimate of drug-likeness (QED) is 0.781. The second-order valence-corrected chi connectivity index (χ2v) is 7.24. The topological polar surface area (TPSA) is 38.7 Å². The van der Waals surface area contributed by atoms with E-state index in [-0.39, 0.29) is 0 Å². The molecule has 1 fully saturated rings. The van der Waals surface area contributed by atoms with Crippen LogP contribution in [0.3, 0.4) is 0 Å². The monoisotopic (exact) mass is 369 g/mol. The first-order chi connectivity index (χ1) is 12.6. The summed E-state index contributed by atoms with van der Waals surface area (Å²) in [5.74, 6) is 0.893. The van der Waals surface area contributed by atoms with Crippen molar-refractivity contribution in [3.63, 3.8) is 0 Å². The van der Waals surface area contributed by atoms with Crippen molar-refractivity contribution in [1.82, 2.24) is 4.90 Å². The molecule has 0 unspecified atom stereocenters. The lowest BCUT2D eigenvalue weighted by atomic mass is 9.99. The van der Waals surface area contributed by atoms with Crippen LogP contribution >= 0.6 is 12.2 Å². The van der Waals surface area contributed by atoms with Crippen molar-refractivity contribution in [2.75, 3.05) is 36.4 Å². The van der Waals surface area contributed by atoms with Crippen molar-refractivity contribution in [2.24, 2.45) is 0 Å². The lowest BCUT2D eigenvalue weighted by molar-refractivity contribution is 0.390. The Balaban J connectivity index is 1.53. The predicted octanol–water partition coefficient (Wildman–Crippen LogP) is 4.42. The van der Waals surface area contributed by atoms with Gasteiger partial charge in [0.15, 0.2) is 5.11 Å². The van der Waals surface area contributed by atoms with Crippen molar-refractivity contribution in [1.29, 1.82) is 0 Å². The standard InChI is InChI=1S/C21H27N3OS/c1-3-16(2)17-7-9-18(10-8-17)22-21(26)24-13-11-23(12-14-24)19-5-4-6-20(25)15-19/h4-10,15-16,25H,3,11-14H2,1-2H3,(H,22,26)/t16-/m0/s1. The Morgan fingerprint density at radius 3 is 2.42 bits per heavy atom. The number of piperazine rings is 1. The molecule has 2 N–H and O–H groups in total. The molecule has 0 aromatic heterocycles. The van der Waals surface area contributed by atoms with Crippen molar-refractivity contribution in [3.8, 4) is 5.75 Å². The van der Waals surface area contributed by atoms with E-state index in [1.54, 1.807) is 6.07 Å². The first-order valence-corrected chi connectivity index (χ1v) is 9.67. The van der Waals surface area contributed by atoms with Gasteiger partial charge >= 0.3 is 0 Å². The Hall–Kier alpha value is -2.27. The van der Waals surface area contributed by atoms with E-state index in [1.807, 2.05) is 18.2 Å². The minimum absolute atomic E-state index is 0.308. The normalized spacial score (nSPS) is 15.6. The number of nitrogens with zero attached hydrogens (tertiary/aromatic N) is 2. The molecule has 1 saturated heterocycles. The van der Waals surface area contributed by atoms with E-state index in [1.165, 1.54) is 5.56 Å². The molecule has 1 aliphatic rings. The molecule has 5 heteroatoms. The molecule has 1 heterocycles. The Morgan fingerprint density at radius 2 is 1.81 bits per heavy atom. The SMILES string of the molecule is CC[C@H](C)c1ccc(NC(=S)N2CCN(c3cccc(O)c3)CC2)cc1. The van der Waals surface area contributed by atoms with Gasteiger partial charge in [-0.3, -0.25) is 0 Å². The van der Waals surface area contributed by atoms with Crippen LogP contribution in [0.15, 0.2) is 48.5 Å². The number of anilines is 2. The number of rotatable bonds is 4. The van der Waals surface area contributed by atoms with E-state index in [0.29, 0.717) is 11.7 Å². The predicted molar refractivity (Wildman–Crippen MR) is 113 cm³/mol. The van der Waals surface area contributed by atoms with Crippen LogP contribution in [-0.2, 0) is 0 Å². The molecule has 2 aromatic rings. The van der Waals surface area contributed by atoms with Crippen LogP contribution in [0.25, 0.3) is 0 Å². The Morgan fingerprint density at radius 1 is 1.12 bits per heavy atom. The van der Waals surface area contributed by atoms with Gasteiger partial charge in [-0.25, -0.2) is 0 Å². The summed E-state index contributed by atoms with van der Waals surface area (Å²) >= 11 is 5.60. The fourth-order valence-electron chi connectivity index (χ4n) is 3.19. The van der Waals surface area contributed by atoms with E-state index >= 15 is 0 Å². The molecule has 0 spiro atoms. The number of hydrogen-bond donors (Lipinski definition) is 2. The van der Waals surface area contributed by atoms with E-state index in [0.717, 1.165) is 49.1 Å². The van der Waals surface area contributed by atoms with Gasteiger partial charge in [0.2, 0.25) is 0 Å². The third kappa shape index (κ3) is 4.47.